The molecule has 0 saturated heterocycles. The van der Waals surface area contributed by atoms with Crippen molar-refractivity contribution in [1.29, 1.82) is 0 Å². The fourth-order valence-corrected chi connectivity index (χ4v) is 4.51. The second-order valence-electron chi connectivity index (χ2n) is 6.16. The third-order valence-corrected chi connectivity index (χ3v) is 6.95. The number of aromatic nitrogens is 2. The SMILES string of the molecule is CC[C@@H](Sc1ccc(Cl)cc1)C(=O)Nc1ccc(S(=O)(=O)Nc2ncccn2)cc1. The van der Waals surface area contributed by atoms with Crippen LogP contribution in [0.5, 0.6) is 0 Å². The lowest BCUT2D eigenvalue weighted by Gasteiger charge is -2.15. The average molecular weight is 463 g/mol. The molecule has 0 radical (unpaired) electrons. The number of nitrogens with zero attached hydrogens (tertiary/aromatic N) is 2. The number of hydrogen-bond acceptors (Lipinski definition) is 6. The number of amides is 1. The number of halogens is 1. The second kappa shape index (κ2) is 9.92. The fraction of sp³-hybridized carbons (Fsp3) is 0.150. The Morgan fingerprint density at radius 2 is 1.70 bits per heavy atom. The first-order chi connectivity index (χ1) is 14.4. The Morgan fingerprint density at radius 3 is 2.30 bits per heavy atom. The van der Waals surface area contributed by atoms with Gasteiger partial charge in [-0.25, -0.2) is 23.1 Å². The summed E-state index contributed by atoms with van der Waals surface area (Å²) in [5.41, 5.74) is 0.505. The van der Waals surface area contributed by atoms with Crippen LogP contribution in [0, 0.1) is 0 Å². The summed E-state index contributed by atoms with van der Waals surface area (Å²) in [6.07, 6.45) is 3.51. The average Bonchev–Trinajstić information content (AvgIpc) is 2.74. The summed E-state index contributed by atoms with van der Waals surface area (Å²) in [4.78, 5) is 21.3. The number of carbonyl (C=O) groups excluding carboxylic acids is 1. The molecule has 0 bridgehead atoms. The highest BCUT2D eigenvalue weighted by molar-refractivity contribution is 8.00. The van der Waals surface area contributed by atoms with Gasteiger partial charge in [-0.2, -0.15) is 0 Å². The summed E-state index contributed by atoms with van der Waals surface area (Å²) in [6.45, 7) is 1.93. The third-order valence-electron chi connectivity index (χ3n) is 3.98. The minimum atomic E-state index is -3.83. The predicted molar refractivity (Wildman–Crippen MR) is 119 cm³/mol. The van der Waals surface area contributed by atoms with E-state index in [1.165, 1.54) is 48.4 Å². The molecule has 1 heterocycles. The zero-order chi connectivity index (χ0) is 21.6. The summed E-state index contributed by atoms with van der Waals surface area (Å²) in [5, 5.41) is 3.17. The molecule has 1 atom stereocenters. The molecule has 7 nitrogen and oxygen atoms in total. The van der Waals surface area contributed by atoms with Crippen LogP contribution < -0.4 is 10.0 Å². The van der Waals surface area contributed by atoms with Crippen molar-refractivity contribution in [2.45, 2.75) is 28.4 Å². The van der Waals surface area contributed by atoms with E-state index in [1.807, 2.05) is 19.1 Å². The van der Waals surface area contributed by atoms with Crippen molar-refractivity contribution in [2.24, 2.45) is 0 Å². The number of rotatable bonds is 8. The summed E-state index contributed by atoms with van der Waals surface area (Å²) in [7, 11) is -3.83. The molecular formula is C20H19ClN4O3S2. The minimum Gasteiger partial charge on any atom is -0.325 e. The summed E-state index contributed by atoms with van der Waals surface area (Å²) >= 11 is 7.34. The van der Waals surface area contributed by atoms with Gasteiger partial charge in [0.2, 0.25) is 11.9 Å². The lowest BCUT2D eigenvalue weighted by molar-refractivity contribution is -0.115. The molecule has 0 aliphatic heterocycles. The largest absolute Gasteiger partial charge is 0.325 e. The van der Waals surface area contributed by atoms with Crippen LogP contribution in [0.1, 0.15) is 13.3 Å². The molecule has 2 aromatic carbocycles. The van der Waals surface area contributed by atoms with Gasteiger partial charge in [0.15, 0.2) is 0 Å². The van der Waals surface area contributed by atoms with Crippen molar-refractivity contribution in [2.75, 3.05) is 10.0 Å². The molecule has 156 valence electrons. The van der Waals surface area contributed by atoms with Crippen molar-refractivity contribution in [3.05, 3.63) is 72.0 Å². The molecule has 0 spiro atoms. The van der Waals surface area contributed by atoms with Crippen LogP contribution >= 0.6 is 23.4 Å². The molecule has 0 unspecified atom stereocenters. The van der Waals surface area contributed by atoms with E-state index in [4.69, 9.17) is 11.6 Å². The molecule has 10 heteroatoms. The second-order valence-corrected chi connectivity index (χ2v) is 9.56. The van der Waals surface area contributed by atoms with Gasteiger partial charge in [0.1, 0.15) is 0 Å². The number of hydrogen-bond donors (Lipinski definition) is 2. The van der Waals surface area contributed by atoms with E-state index >= 15 is 0 Å². The van der Waals surface area contributed by atoms with Gasteiger partial charge in [-0.3, -0.25) is 4.79 Å². The molecule has 0 aliphatic rings. The smallest absolute Gasteiger partial charge is 0.264 e. The van der Waals surface area contributed by atoms with Crippen LogP contribution in [0.15, 0.2) is 76.8 Å². The van der Waals surface area contributed by atoms with Crippen molar-refractivity contribution in [1.82, 2.24) is 9.97 Å². The number of carbonyl (C=O) groups is 1. The Labute approximate surface area is 184 Å². The minimum absolute atomic E-state index is 0.0140. The number of nitrogens with one attached hydrogen (secondary N) is 2. The van der Waals surface area contributed by atoms with E-state index in [2.05, 4.69) is 20.0 Å². The van der Waals surface area contributed by atoms with Crippen molar-refractivity contribution < 1.29 is 13.2 Å². The standard InChI is InChI=1S/C20H19ClN4O3S2/c1-2-18(29-16-8-4-14(21)5-9-16)19(26)24-15-6-10-17(11-7-15)30(27,28)25-20-22-12-3-13-23-20/h3-13,18H,2H2,1H3,(H,24,26)(H,22,23,25)/t18-/m1/s1. The van der Waals surface area contributed by atoms with Gasteiger partial charge < -0.3 is 5.32 Å². The van der Waals surface area contributed by atoms with E-state index in [1.54, 1.807) is 18.2 Å². The summed E-state index contributed by atoms with van der Waals surface area (Å²) in [6, 6.07) is 14.8. The molecule has 0 fully saturated rings. The molecule has 0 aliphatic carbocycles. The molecule has 2 N–H and O–H groups in total. The van der Waals surface area contributed by atoms with Crippen LogP contribution in [0.4, 0.5) is 11.6 Å². The number of anilines is 2. The summed E-state index contributed by atoms with van der Waals surface area (Å²) < 4.78 is 27.2. The van der Waals surface area contributed by atoms with E-state index in [-0.39, 0.29) is 22.0 Å². The van der Waals surface area contributed by atoms with Crippen molar-refractivity contribution in [3.63, 3.8) is 0 Å². The Bertz CT molecular complexity index is 1090. The van der Waals surface area contributed by atoms with Crippen LogP contribution in [-0.2, 0) is 14.8 Å². The molecule has 1 aromatic heterocycles. The van der Waals surface area contributed by atoms with Crippen molar-refractivity contribution in [3.8, 4) is 0 Å². The van der Waals surface area contributed by atoms with Gasteiger partial charge in [0.25, 0.3) is 10.0 Å². The summed E-state index contributed by atoms with van der Waals surface area (Å²) in [5.74, 6) is -0.177. The Balaban J connectivity index is 1.65. The first kappa shape index (κ1) is 22.1. The monoisotopic (exact) mass is 462 g/mol. The highest BCUT2D eigenvalue weighted by Crippen LogP contribution is 2.28. The van der Waals surface area contributed by atoms with E-state index in [0.29, 0.717) is 17.1 Å². The highest BCUT2D eigenvalue weighted by atomic mass is 35.5. The first-order valence-electron chi connectivity index (χ1n) is 9.00. The van der Waals surface area contributed by atoms with Gasteiger partial charge in [0.05, 0.1) is 10.1 Å². The number of benzene rings is 2. The van der Waals surface area contributed by atoms with Gasteiger partial charge in [-0.15, -0.1) is 11.8 Å². The Hall–Kier alpha value is -2.62. The third kappa shape index (κ3) is 5.94. The zero-order valence-electron chi connectivity index (χ0n) is 15.9. The van der Waals surface area contributed by atoms with Gasteiger partial charge in [-0.1, -0.05) is 18.5 Å². The van der Waals surface area contributed by atoms with Gasteiger partial charge in [0, 0.05) is 28.0 Å². The van der Waals surface area contributed by atoms with E-state index in [9.17, 15) is 13.2 Å². The molecule has 3 aromatic rings. The van der Waals surface area contributed by atoms with Crippen LogP contribution in [0.2, 0.25) is 5.02 Å². The van der Waals surface area contributed by atoms with Crippen LogP contribution in [-0.4, -0.2) is 29.5 Å². The topological polar surface area (TPSA) is 101 Å². The normalized spacial score (nSPS) is 12.2. The maximum Gasteiger partial charge on any atom is 0.264 e. The lowest BCUT2D eigenvalue weighted by atomic mass is 10.3. The number of thioether (sulfide) groups is 1. The van der Waals surface area contributed by atoms with Gasteiger partial charge >= 0.3 is 0 Å². The molecule has 30 heavy (non-hydrogen) atoms. The maximum absolute atomic E-state index is 12.6. The molecule has 0 saturated carbocycles. The van der Waals surface area contributed by atoms with Crippen LogP contribution in [0.3, 0.4) is 0 Å². The molecule has 1 amide bonds. The van der Waals surface area contributed by atoms with Crippen LogP contribution in [0.25, 0.3) is 0 Å². The van der Waals surface area contributed by atoms with E-state index < -0.39 is 10.0 Å². The quantitative estimate of drug-likeness (QED) is 0.480. The first-order valence-corrected chi connectivity index (χ1v) is 11.7. The predicted octanol–water partition coefficient (Wildman–Crippen LogP) is 4.44. The molecule has 3 rings (SSSR count). The lowest BCUT2D eigenvalue weighted by Crippen LogP contribution is -2.24. The fourth-order valence-electron chi connectivity index (χ4n) is 2.47. The maximum atomic E-state index is 12.6. The van der Waals surface area contributed by atoms with E-state index in [0.717, 1.165) is 4.90 Å². The highest BCUT2D eigenvalue weighted by Gasteiger charge is 2.19. The van der Waals surface area contributed by atoms with Gasteiger partial charge in [-0.05, 0) is 61.0 Å². The Morgan fingerprint density at radius 1 is 1.07 bits per heavy atom. The molecular weight excluding hydrogens is 444 g/mol. The number of sulfonamides is 1. The van der Waals surface area contributed by atoms with Crippen molar-refractivity contribution >= 4 is 50.9 Å². The Kier molecular flexibility index (Phi) is 7.30. The zero-order valence-corrected chi connectivity index (χ0v) is 18.3.